The molecule has 2 heterocycles. The van der Waals surface area contributed by atoms with Gasteiger partial charge in [-0.3, -0.25) is 24.9 Å². The van der Waals surface area contributed by atoms with Crippen LogP contribution >= 0.6 is 23.2 Å². The Kier molecular flexibility index (Phi) is 5.38. The van der Waals surface area contributed by atoms with Crippen LogP contribution in [0, 0.1) is 17.0 Å². The number of carbonyl (C=O) groups excluding carboxylic acids is 1. The largest absolute Gasteiger partial charge is 0.309 e. The van der Waals surface area contributed by atoms with Gasteiger partial charge < -0.3 is 0 Å². The van der Waals surface area contributed by atoms with Crippen molar-refractivity contribution in [3.63, 3.8) is 0 Å². The first kappa shape index (κ1) is 18.8. The van der Waals surface area contributed by atoms with Crippen LogP contribution in [-0.2, 0) is 17.9 Å². The summed E-state index contributed by atoms with van der Waals surface area (Å²) >= 11 is 12.0. The lowest BCUT2D eigenvalue weighted by Crippen LogP contribution is -2.21. The zero-order chi connectivity index (χ0) is 19.6. The molecular weight excluding hydrogens is 397 g/mol. The first-order valence-corrected chi connectivity index (χ1v) is 8.39. The highest BCUT2D eigenvalue weighted by atomic mass is 35.5. The number of hydrogen-bond acceptors (Lipinski definition) is 6. The van der Waals surface area contributed by atoms with Crippen LogP contribution in [0.5, 0.6) is 0 Å². The van der Waals surface area contributed by atoms with E-state index in [1.165, 1.54) is 22.6 Å². The number of aromatic nitrogens is 5. The van der Waals surface area contributed by atoms with Crippen LogP contribution in [0.1, 0.15) is 11.3 Å². The summed E-state index contributed by atoms with van der Waals surface area (Å²) in [7, 11) is 0. The van der Waals surface area contributed by atoms with Crippen molar-refractivity contribution in [1.29, 1.82) is 0 Å². The fourth-order valence-corrected chi connectivity index (χ4v) is 2.80. The van der Waals surface area contributed by atoms with Crippen molar-refractivity contribution in [2.75, 3.05) is 5.32 Å². The Bertz CT molecular complexity index is 1010. The first-order valence-electron chi connectivity index (χ1n) is 7.63. The van der Waals surface area contributed by atoms with Crippen LogP contribution in [-0.4, -0.2) is 35.4 Å². The summed E-state index contributed by atoms with van der Waals surface area (Å²) in [6.45, 7) is 1.67. The third-order valence-electron chi connectivity index (χ3n) is 3.70. The van der Waals surface area contributed by atoms with Gasteiger partial charge in [0.25, 0.3) is 0 Å². The molecule has 1 amide bonds. The average molecular weight is 410 g/mol. The molecule has 0 aliphatic rings. The minimum Gasteiger partial charge on any atom is -0.292 e. The van der Waals surface area contributed by atoms with Crippen LogP contribution in [0.25, 0.3) is 0 Å². The van der Waals surface area contributed by atoms with Crippen molar-refractivity contribution < 1.29 is 9.72 Å². The van der Waals surface area contributed by atoms with Crippen LogP contribution in [0.2, 0.25) is 10.0 Å². The Morgan fingerprint density at radius 3 is 2.81 bits per heavy atom. The summed E-state index contributed by atoms with van der Waals surface area (Å²) in [6, 6.07) is 5.12. The molecule has 12 heteroatoms. The van der Waals surface area contributed by atoms with Gasteiger partial charge in [0.15, 0.2) is 0 Å². The number of rotatable bonds is 6. The van der Waals surface area contributed by atoms with E-state index in [0.29, 0.717) is 16.6 Å². The first-order chi connectivity index (χ1) is 12.8. The summed E-state index contributed by atoms with van der Waals surface area (Å²) in [5.41, 5.74) is 0.930. The predicted molar refractivity (Wildman–Crippen MR) is 97.8 cm³/mol. The van der Waals surface area contributed by atoms with Crippen molar-refractivity contribution in [2.24, 2.45) is 0 Å². The maximum Gasteiger partial charge on any atom is 0.309 e. The Morgan fingerprint density at radius 2 is 2.15 bits per heavy atom. The van der Waals surface area contributed by atoms with Gasteiger partial charge in [-0.15, -0.1) is 5.10 Å². The Morgan fingerprint density at radius 1 is 1.37 bits per heavy atom. The molecule has 0 saturated carbocycles. The molecule has 27 heavy (non-hydrogen) atoms. The van der Waals surface area contributed by atoms with Crippen LogP contribution in [0.3, 0.4) is 0 Å². The average Bonchev–Trinajstić information content (AvgIpc) is 3.17. The van der Waals surface area contributed by atoms with E-state index < -0.39 is 10.8 Å². The summed E-state index contributed by atoms with van der Waals surface area (Å²) in [5, 5.41) is 22.4. The van der Waals surface area contributed by atoms with Crippen molar-refractivity contribution in [1.82, 2.24) is 24.5 Å². The lowest BCUT2D eigenvalue weighted by Gasteiger charge is -2.05. The van der Waals surface area contributed by atoms with Gasteiger partial charge in [0.1, 0.15) is 24.8 Å². The predicted octanol–water partition coefficient (Wildman–Crippen LogP) is 2.69. The van der Waals surface area contributed by atoms with Gasteiger partial charge >= 0.3 is 5.69 Å². The number of hydrogen-bond donors (Lipinski definition) is 1. The van der Waals surface area contributed by atoms with Crippen molar-refractivity contribution in [3.8, 4) is 0 Å². The molecular formula is C15H13Cl2N7O3. The number of halogens is 2. The number of carbonyl (C=O) groups is 1. The highest BCUT2D eigenvalue weighted by Crippen LogP contribution is 2.21. The highest BCUT2D eigenvalue weighted by molar-refractivity contribution is 6.35. The van der Waals surface area contributed by atoms with Gasteiger partial charge in [0.05, 0.1) is 11.5 Å². The number of amides is 1. The molecule has 0 spiro atoms. The number of nitro groups is 1. The fraction of sp³-hybridized carbons (Fsp3) is 0.200. The van der Waals surface area contributed by atoms with E-state index in [4.69, 9.17) is 23.2 Å². The molecule has 0 aliphatic heterocycles. The Hall–Kier alpha value is -2.98. The lowest BCUT2D eigenvalue weighted by molar-refractivity contribution is -0.385. The second-order valence-electron chi connectivity index (χ2n) is 5.58. The third kappa shape index (κ3) is 4.41. The van der Waals surface area contributed by atoms with E-state index in [2.05, 4.69) is 20.5 Å². The van der Waals surface area contributed by atoms with E-state index in [0.717, 1.165) is 11.8 Å². The van der Waals surface area contributed by atoms with Crippen LogP contribution in [0.4, 0.5) is 11.6 Å². The third-order valence-corrected chi connectivity index (χ3v) is 4.29. The van der Waals surface area contributed by atoms with Crippen LogP contribution in [0.15, 0.2) is 30.7 Å². The van der Waals surface area contributed by atoms with Crippen molar-refractivity contribution in [3.05, 3.63) is 62.1 Å². The van der Waals surface area contributed by atoms with Gasteiger partial charge in [-0.05, 0) is 24.6 Å². The van der Waals surface area contributed by atoms with Gasteiger partial charge in [-0.1, -0.05) is 29.3 Å². The molecule has 2 aromatic heterocycles. The molecule has 0 aliphatic carbocycles. The van der Waals surface area contributed by atoms with E-state index in [1.54, 1.807) is 18.2 Å². The minimum absolute atomic E-state index is 0.101. The van der Waals surface area contributed by atoms with E-state index in [1.807, 2.05) is 0 Å². The van der Waals surface area contributed by atoms with Gasteiger partial charge in [-0.2, -0.15) is 5.10 Å². The van der Waals surface area contributed by atoms with Crippen LogP contribution < -0.4 is 5.32 Å². The van der Waals surface area contributed by atoms with Crippen molar-refractivity contribution >= 4 is 40.7 Å². The molecule has 3 aromatic rings. The second kappa shape index (κ2) is 7.72. The zero-order valence-electron chi connectivity index (χ0n) is 14.0. The van der Waals surface area contributed by atoms with Gasteiger partial charge in [0, 0.05) is 10.0 Å². The number of anilines is 1. The zero-order valence-corrected chi connectivity index (χ0v) is 15.5. The van der Waals surface area contributed by atoms with Gasteiger partial charge in [0.2, 0.25) is 11.9 Å². The molecule has 0 saturated heterocycles. The summed E-state index contributed by atoms with van der Waals surface area (Å²) in [4.78, 5) is 26.4. The van der Waals surface area contributed by atoms with Crippen molar-refractivity contribution in [2.45, 2.75) is 20.0 Å². The lowest BCUT2D eigenvalue weighted by atomic mass is 10.2. The highest BCUT2D eigenvalue weighted by Gasteiger charge is 2.18. The topological polar surface area (TPSA) is 121 Å². The van der Waals surface area contributed by atoms with E-state index in [9.17, 15) is 14.9 Å². The molecule has 10 nitrogen and oxygen atoms in total. The Labute approximate surface area is 162 Å². The quantitative estimate of drug-likeness (QED) is 0.493. The number of nitrogens with one attached hydrogen (secondary N) is 1. The second-order valence-corrected chi connectivity index (χ2v) is 6.42. The molecule has 0 bridgehead atoms. The van der Waals surface area contributed by atoms with Gasteiger partial charge in [-0.25, -0.2) is 9.67 Å². The fourth-order valence-electron chi connectivity index (χ4n) is 2.33. The minimum atomic E-state index is -0.554. The molecule has 0 atom stereocenters. The van der Waals surface area contributed by atoms with E-state index >= 15 is 0 Å². The number of benzene rings is 1. The molecule has 0 fully saturated rings. The molecule has 140 valence electrons. The molecule has 3 rings (SSSR count). The standard InChI is InChI=1S/C15H13Cl2N7O3/c1-9-13(24(26)27)5-19-23(9)7-14(25)20-15-18-8-22(21-15)6-10-2-3-11(16)4-12(10)17/h2-5,8H,6-7H2,1H3,(H,20,21,25). The molecule has 1 aromatic carbocycles. The SMILES string of the molecule is Cc1c([N+](=O)[O-])cnn1CC(=O)Nc1ncn(Cc2ccc(Cl)cc2Cl)n1. The summed E-state index contributed by atoms with van der Waals surface area (Å²) in [5.74, 6) is -0.359. The normalized spacial score (nSPS) is 10.8. The molecule has 0 radical (unpaired) electrons. The maximum absolute atomic E-state index is 12.1. The Balaban J connectivity index is 1.63. The summed E-state index contributed by atoms with van der Waals surface area (Å²) < 4.78 is 2.74. The summed E-state index contributed by atoms with van der Waals surface area (Å²) in [6.07, 6.45) is 2.55. The monoisotopic (exact) mass is 409 g/mol. The molecule has 1 N–H and O–H groups in total. The molecule has 0 unspecified atom stereocenters. The van der Waals surface area contributed by atoms with E-state index in [-0.39, 0.29) is 23.9 Å². The number of nitrogens with zero attached hydrogens (tertiary/aromatic N) is 6. The smallest absolute Gasteiger partial charge is 0.292 e. The maximum atomic E-state index is 12.1.